The molecule has 0 atom stereocenters. The summed E-state index contributed by atoms with van der Waals surface area (Å²) in [4.78, 5) is 16.3. The van der Waals surface area contributed by atoms with Gasteiger partial charge in [0.05, 0.1) is 5.56 Å². The standard InChI is InChI=1S/C21H16F3NO3/c22-21(23,24)17-11-12-25-19(27-13-15-7-3-1-4-8-15)18(17)20(26)28-14-16-9-5-2-6-10-16/h1-12H,13-14H2. The lowest BCUT2D eigenvalue weighted by molar-refractivity contribution is -0.138. The van der Waals surface area contributed by atoms with Crippen molar-refractivity contribution in [3.05, 3.63) is 95.2 Å². The highest BCUT2D eigenvalue weighted by atomic mass is 19.4. The van der Waals surface area contributed by atoms with Crippen molar-refractivity contribution in [3.8, 4) is 5.88 Å². The smallest absolute Gasteiger partial charge is 0.417 e. The fraction of sp³-hybridized carbons (Fsp3) is 0.143. The maximum atomic E-state index is 13.4. The van der Waals surface area contributed by atoms with Crippen LogP contribution in [0.1, 0.15) is 27.0 Å². The number of hydrogen-bond acceptors (Lipinski definition) is 4. The Morgan fingerprint density at radius 1 is 0.857 bits per heavy atom. The van der Waals surface area contributed by atoms with Gasteiger partial charge in [0, 0.05) is 6.20 Å². The molecule has 0 spiro atoms. The lowest BCUT2D eigenvalue weighted by Crippen LogP contribution is -2.17. The van der Waals surface area contributed by atoms with E-state index in [4.69, 9.17) is 9.47 Å². The van der Waals surface area contributed by atoms with Gasteiger partial charge in [0.2, 0.25) is 5.88 Å². The van der Waals surface area contributed by atoms with Crippen molar-refractivity contribution in [3.63, 3.8) is 0 Å². The third-order valence-corrected chi connectivity index (χ3v) is 3.86. The Bertz CT molecular complexity index is 929. The minimum atomic E-state index is -4.76. The summed E-state index contributed by atoms with van der Waals surface area (Å²) >= 11 is 0. The summed E-state index contributed by atoms with van der Waals surface area (Å²) in [5, 5.41) is 0. The number of esters is 1. The van der Waals surface area contributed by atoms with E-state index in [-0.39, 0.29) is 13.2 Å². The molecule has 0 unspecified atom stereocenters. The molecule has 0 fully saturated rings. The van der Waals surface area contributed by atoms with E-state index >= 15 is 0 Å². The second-order valence-electron chi connectivity index (χ2n) is 5.87. The summed E-state index contributed by atoms with van der Waals surface area (Å²) in [5.41, 5.74) is -0.504. The van der Waals surface area contributed by atoms with Gasteiger partial charge >= 0.3 is 12.1 Å². The molecule has 1 aromatic heterocycles. The van der Waals surface area contributed by atoms with Gasteiger partial charge in [-0.15, -0.1) is 0 Å². The zero-order valence-electron chi connectivity index (χ0n) is 14.6. The van der Waals surface area contributed by atoms with E-state index in [2.05, 4.69) is 4.98 Å². The quantitative estimate of drug-likeness (QED) is 0.556. The summed E-state index contributed by atoms with van der Waals surface area (Å²) in [7, 11) is 0. The molecule has 1 heterocycles. The van der Waals surface area contributed by atoms with Crippen molar-refractivity contribution in [1.82, 2.24) is 4.98 Å². The number of carbonyl (C=O) groups is 1. The Balaban J connectivity index is 1.86. The van der Waals surface area contributed by atoms with Crippen molar-refractivity contribution in [1.29, 1.82) is 0 Å². The Hall–Kier alpha value is -3.35. The Morgan fingerprint density at radius 3 is 2.00 bits per heavy atom. The molecule has 3 rings (SSSR count). The van der Waals surface area contributed by atoms with Crippen LogP contribution in [-0.4, -0.2) is 11.0 Å². The van der Waals surface area contributed by atoms with E-state index < -0.39 is 29.2 Å². The zero-order valence-corrected chi connectivity index (χ0v) is 14.6. The summed E-state index contributed by atoms with van der Waals surface area (Å²) in [5.74, 6) is -1.57. The van der Waals surface area contributed by atoms with Crippen LogP contribution in [0.2, 0.25) is 0 Å². The van der Waals surface area contributed by atoms with E-state index in [1.54, 1.807) is 60.7 Å². The first-order chi connectivity index (χ1) is 13.4. The van der Waals surface area contributed by atoms with Gasteiger partial charge in [0.15, 0.2) is 0 Å². The normalized spacial score (nSPS) is 11.1. The summed E-state index contributed by atoms with van der Waals surface area (Å²) in [6.45, 7) is -0.196. The molecular weight excluding hydrogens is 371 g/mol. The number of carbonyl (C=O) groups excluding carboxylic acids is 1. The van der Waals surface area contributed by atoms with Gasteiger partial charge in [-0.05, 0) is 17.2 Å². The SMILES string of the molecule is O=C(OCc1ccccc1)c1c(C(F)(F)F)ccnc1OCc1ccccc1. The first-order valence-electron chi connectivity index (χ1n) is 8.39. The first kappa shape index (κ1) is 19.4. The largest absolute Gasteiger partial charge is 0.472 e. The van der Waals surface area contributed by atoms with Crippen LogP contribution in [0.4, 0.5) is 13.2 Å². The number of alkyl halides is 3. The number of pyridine rings is 1. The Labute approximate surface area is 159 Å². The summed E-state index contributed by atoms with van der Waals surface area (Å²) in [6, 6.07) is 18.2. The van der Waals surface area contributed by atoms with Gasteiger partial charge < -0.3 is 9.47 Å². The fourth-order valence-corrected chi connectivity index (χ4v) is 2.51. The second-order valence-corrected chi connectivity index (χ2v) is 5.87. The third-order valence-electron chi connectivity index (χ3n) is 3.86. The maximum absolute atomic E-state index is 13.4. The van der Waals surface area contributed by atoms with E-state index in [1.165, 1.54) is 0 Å². The minimum absolute atomic E-state index is 0.0336. The van der Waals surface area contributed by atoms with Crippen molar-refractivity contribution in [2.24, 2.45) is 0 Å². The first-order valence-corrected chi connectivity index (χ1v) is 8.39. The van der Waals surface area contributed by atoms with Crippen LogP contribution in [0.25, 0.3) is 0 Å². The van der Waals surface area contributed by atoms with Crippen molar-refractivity contribution >= 4 is 5.97 Å². The van der Waals surface area contributed by atoms with Crippen LogP contribution >= 0.6 is 0 Å². The third kappa shape index (κ3) is 4.88. The zero-order chi connectivity index (χ0) is 20.0. The average Bonchev–Trinajstić information content (AvgIpc) is 2.71. The number of hydrogen-bond donors (Lipinski definition) is 0. The molecule has 144 valence electrons. The molecule has 0 N–H and O–H groups in total. The maximum Gasteiger partial charge on any atom is 0.417 e. The second kappa shape index (κ2) is 8.56. The van der Waals surface area contributed by atoms with Crippen LogP contribution in [-0.2, 0) is 24.1 Å². The molecule has 0 aliphatic rings. The molecule has 0 aliphatic heterocycles. The topological polar surface area (TPSA) is 48.4 Å². The van der Waals surface area contributed by atoms with Crippen molar-refractivity contribution in [2.45, 2.75) is 19.4 Å². The van der Waals surface area contributed by atoms with Crippen LogP contribution in [0, 0.1) is 0 Å². The molecule has 7 heteroatoms. The molecule has 28 heavy (non-hydrogen) atoms. The molecule has 0 saturated heterocycles. The minimum Gasteiger partial charge on any atom is -0.472 e. The molecule has 0 bridgehead atoms. The number of ether oxygens (including phenoxy) is 2. The van der Waals surface area contributed by atoms with Gasteiger partial charge in [-0.25, -0.2) is 9.78 Å². The number of halogens is 3. The molecule has 3 aromatic rings. The molecule has 0 aliphatic carbocycles. The number of benzene rings is 2. The van der Waals surface area contributed by atoms with Gasteiger partial charge in [-0.2, -0.15) is 13.2 Å². The van der Waals surface area contributed by atoms with E-state index in [9.17, 15) is 18.0 Å². The highest BCUT2D eigenvalue weighted by molar-refractivity contribution is 5.93. The molecule has 0 radical (unpaired) electrons. The molecule has 2 aromatic carbocycles. The van der Waals surface area contributed by atoms with Crippen LogP contribution in [0.3, 0.4) is 0 Å². The van der Waals surface area contributed by atoms with Crippen LogP contribution < -0.4 is 4.74 Å². The van der Waals surface area contributed by atoms with Gasteiger partial charge in [0.1, 0.15) is 18.8 Å². The molecule has 0 amide bonds. The fourth-order valence-electron chi connectivity index (χ4n) is 2.51. The van der Waals surface area contributed by atoms with E-state index in [0.717, 1.165) is 17.8 Å². The summed E-state index contributed by atoms with van der Waals surface area (Å²) < 4.78 is 50.8. The highest BCUT2D eigenvalue weighted by Crippen LogP contribution is 2.35. The number of rotatable bonds is 6. The van der Waals surface area contributed by atoms with E-state index in [0.29, 0.717) is 5.56 Å². The van der Waals surface area contributed by atoms with Gasteiger partial charge in [-0.3, -0.25) is 0 Å². The molecule has 0 saturated carbocycles. The highest BCUT2D eigenvalue weighted by Gasteiger charge is 2.38. The monoisotopic (exact) mass is 387 g/mol. The predicted octanol–water partition coefficient (Wildman–Crippen LogP) is 5.04. The Kier molecular flexibility index (Phi) is 5.93. The summed E-state index contributed by atoms with van der Waals surface area (Å²) in [6.07, 6.45) is -3.80. The van der Waals surface area contributed by atoms with Crippen molar-refractivity contribution in [2.75, 3.05) is 0 Å². The van der Waals surface area contributed by atoms with Gasteiger partial charge in [-0.1, -0.05) is 60.7 Å². The molecular formula is C21H16F3NO3. The lowest BCUT2D eigenvalue weighted by atomic mass is 10.1. The van der Waals surface area contributed by atoms with Crippen LogP contribution in [0.5, 0.6) is 5.88 Å². The number of aromatic nitrogens is 1. The lowest BCUT2D eigenvalue weighted by Gasteiger charge is -2.16. The number of nitrogens with zero attached hydrogens (tertiary/aromatic N) is 1. The van der Waals surface area contributed by atoms with Gasteiger partial charge in [0.25, 0.3) is 0 Å². The van der Waals surface area contributed by atoms with Crippen molar-refractivity contribution < 1.29 is 27.4 Å². The Morgan fingerprint density at radius 2 is 1.43 bits per heavy atom. The van der Waals surface area contributed by atoms with E-state index in [1.807, 2.05) is 0 Å². The average molecular weight is 387 g/mol. The molecule has 4 nitrogen and oxygen atoms in total. The van der Waals surface area contributed by atoms with Crippen LogP contribution in [0.15, 0.2) is 72.9 Å². The predicted molar refractivity (Wildman–Crippen MR) is 95.6 cm³/mol.